The smallest absolute Gasteiger partial charge is 0.160 e. The number of benzene rings is 1. The molecular formula is C18H17Cl2N3OS. The van der Waals surface area contributed by atoms with Gasteiger partial charge < -0.3 is 10.0 Å². The predicted octanol–water partition coefficient (Wildman–Crippen LogP) is 5.07. The first-order valence-electron chi connectivity index (χ1n) is 8.18. The van der Waals surface area contributed by atoms with Crippen LogP contribution in [-0.2, 0) is 0 Å². The molecule has 2 aliphatic heterocycles. The van der Waals surface area contributed by atoms with Crippen LogP contribution in [0, 0.1) is 0 Å². The van der Waals surface area contributed by atoms with Gasteiger partial charge in [0.05, 0.1) is 21.8 Å². The monoisotopic (exact) mass is 393 g/mol. The molecule has 4 rings (SSSR count). The molecule has 3 heterocycles. The fourth-order valence-corrected chi connectivity index (χ4v) is 5.31. The van der Waals surface area contributed by atoms with E-state index in [1.54, 1.807) is 30.1 Å². The molecule has 25 heavy (non-hydrogen) atoms. The number of halogens is 2. The Kier molecular flexibility index (Phi) is 4.56. The molecule has 2 aliphatic rings. The van der Waals surface area contributed by atoms with Gasteiger partial charge in [0.15, 0.2) is 10.9 Å². The number of nitrogens with zero attached hydrogens (tertiary/aromatic N) is 3. The van der Waals surface area contributed by atoms with Crippen molar-refractivity contribution < 1.29 is 5.11 Å². The minimum Gasteiger partial charge on any atom is -0.505 e. The van der Waals surface area contributed by atoms with Crippen molar-refractivity contribution in [2.75, 3.05) is 5.75 Å². The van der Waals surface area contributed by atoms with E-state index in [1.807, 2.05) is 18.2 Å². The number of aliphatic imine (C=N–C) groups is 1. The van der Waals surface area contributed by atoms with Crippen LogP contribution in [-0.4, -0.2) is 32.0 Å². The van der Waals surface area contributed by atoms with Crippen LogP contribution in [0.1, 0.15) is 36.7 Å². The Hall–Kier alpha value is -1.43. The largest absolute Gasteiger partial charge is 0.505 e. The Balaban J connectivity index is 1.83. The average Bonchev–Trinajstić information content (AvgIpc) is 3.18. The van der Waals surface area contributed by atoms with Gasteiger partial charge in [0.25, 0.3) is 0 Å². The topological polar surface area (TPSA) is 48.7 Å². The summed E-state index contributed by atoms with van der Waals surface area (Å²) in [7, 11) is 0. The lowest BCUT2D eigenvalue weighted by molar-refractivity contribution is 0.255. The quantitative estimate of drug-likeness (QED) is 0.790. The van der Waals surface area contributed by atoms with Crippen molar-refractivity contribution in [1.29, 1.82) is 0 Å². The Morgan fingerprint density at radius 2 is 2.04 bits per heavy atom. The summed E-state index contributed by atoms with van der Waals surface area (Å²) in [5.74, 6) is 0.948. The number of hydrogen-bond acceptors (Lipinski definition) is 5. The van der Waals surface area contributed by atoms with Gasteiger partial charge in [0.1, 0.15) is 6.04 Å². The number of phenolic OH excluding ortho intramolecular Hbond substituents is 1. The summed E-state index contributed by atoms with van der Waals surface area (Å²) in [5, 5.41) is 11.5. The standard InChI is InChI=1S/C18H17Cl2N3OS/c1-2-11-9-25-18-22-15(14-5-3-4-6-21-14)16(23(11)18)10-7-12(19)17(24)13(20)8-10/h3-8,11,15-16,24H,2,9H2,1H3/t11-,15-,16+/m1/s1. The number of rotatable bonds is 3. The van der Waals surface area contributed by atoms with Crippen molar-refractivity contribution in [2.24, 2.45) is 4.99 Å². The summed E-state index contributed by atoms with van der Waals surface area (Å²) in [6.07, 6.45) is 2.83. The maximum Gasteiger partial charge on any atom is 0.160 e. The van der Waals surface area contributed by atoms with Gasteiger partial charge in [-0.05, 0) is 36.2 Å². The second-order valence-electron chi connectivity index (χ2n) is 6.17. The molecule has 2 aromatic rings. The van der Waals surface area contributed by atoms with E-state index in [9.17, 15) is 5.11 Å². The normalized spacial score (nSPS) is 25.2. The highest BCUT2D eigenvalue weighted by Crippen LogP contribution is 2.50. The third kappa shape index (κ3) is 2.88. The van der Waals surface area contributed by atoms with Crippen molar-refractivity contribution in [1.82, 2.24) is 9.88 Å². The lowest BCUT2D eigenvalue weighted by Gasteiger charge is -2.32. The molecule has 1 saturated heterocycles. The van der Waals surface area contributed by atoms with Crippen molar-refractivity contribution in [3.8, 4) is 5.75 Å². The van der Waals surface area contributed by atoms with Gasteiger partial charge in [-0.15, -0.1) is 0 Å². The fourth-order valence-electron chi connectivity index (χ4n) is 3.47. The van der Waals surface area contributed by atoms with Gasteiger partial charge in [-0.3, -0.25) is 9.98 Å². The van der Waals surface area contributed by atoms with Gasteiger partial charge in [0, 0.05) is 18.0 Å². The molecule has 1 fully saturated rings. The molecule has 0 unspecified atom stereocenters. The van der Waals surface area contributed by atoms with Crippen LogP contribution in [0.4, 0.5) is 0 Å². The Labute approximate surface area is 160 Å². The summed E-state index contributed by atoms with van der Waals surface area (Å²) >= 11 is 14.2. The second kappa shape index (κ2) is 6.71. The van der Waals surface area contributed by atoms with Crippen LogP contribution >= 0.6 is 35.0 Å². The first-order chi connectivity index (χ1) is 12.1. The molecule has 1 N–H and O–H groups in total. The van der Waals surface area contributed by atoms with Crippen LogP contribution < -0.4 is 0 Å². The minimum absolute atomic E-state index is 0.0274. The fraction of sp³-hybridized carbons (Fsp3) is 0.333. The van der Waals surface area contributed by atoms with Crippen LogP contribution in [0.5, 0.6) is 5.75 Å². The lowest BCUT2D eigenvalue weighted by Crippen LogP contribution is -2.35. The van der Waals surface area contributed by atoms with E-state index >= 15 is 0 Å². The first kappa shape index (κ1) is 17.0. The van der Waals surface area contributed by atoms with E-state index in [0.29, 0.717) is 6.04 Å². The zero-order chi connectivity index (χ0) is 17.6. The molecule has 0 bridgehead atoms. The number of thioether (sulfide) groups is 1. The van der Waals surface area contributed by atoms with E-state index in [1.165, 1.54) is 0 Å². The lowest BCUT2D eigenvalue weighted by atomic mass is 9.95. The highest BCUT2D eigenvalue weighted by Gasteiger charge is 2.45. The molecule has 0 saturated carbocycles. The molecule has 0 spiro atoms. The van der Waals surface area contributed by atoms with E-state index in [2.05, 4.69) is 16.8 Å². The van der Waals surface area contributed by atoms with Crippen molar-refractivity contribution in [3.63, 3.8) is 0 Å². The zero-order valence-electron chi connectivity index (χ0n) is 13.6. The summed E-state index contributed by atoms with van der Waals surface area (Å²) in [6, 6.07) is 9.72. The molecule has 0 aliphatic carbocycles. The molecule has 7 heteroatoms. The van der Waals surface area contributed by atoms with Gasteiger partial charge in [-0.1, -0.05) is 48.0 Å². The van der Waals surface area contributed by atoms with Crippen LogP contribution in [0.25, 0.3) is 0 Å². The van der Waals surface area contributed by atoms with Gasteiger partial charge in [-0.2, -0.15) is 0 Å². The maximum atomic E-state index is 9.92. The Bertz CT molecular complexity index is 807. The van der Waals surface area contributed by atoms with Crippen molar-refractivity contribution in [2.45, 2.75) is 31.5 Å². The third-order valence-electron chi connectivity index (χ3n) is 4.71. The molecule has 4 nitrogen and oxygen atoms in total. The number of pyridine rings is 1. The number of aromatic nitrogens is 1. The molecule has 3 atom stereocenters. The Morgan fingerprint density at radius 1 is 1.28 bits per heavy atom. The zero-order valence-corrected chi connectivity index (χ0v) is 15.9. The number of hydrogen-bond donors (Lipinski definition) is 1. The minimum atomic E-state index is -0.116. The van der Waals surface area contributed by atoms with Crippen LogP contribution in [0.2, 0.25) is 10.0 Å². The second-order valence-corrected chi connectivity index (χ2v) is 7.97. The van der Waals surface area contributed by atoms with Gasteiger partial charge >= 0.3 is 0 Å². The van der Waals surface area contributed by atoms with Gasteiger partial charge in [0.2, 0.25) is 0 Å². The predicted molar refractivity (Wildman–Crippen MR) is 104 cm³/mol. The number of fused-ring (bicyclic) bond motifs is 1. The number of phenols is 1. The average molecular weight is 394 g/mol. The summed E-state index contributed by atoms with van der Waals surface area (Å²) in [4.78, 5) is 11.8. The molecule has 1 aromatic heterocycles. The number of aromatic hydroxyl groups is 1. The maximum absolute atomic E-state index is 9.92. The van der Waals surface area contributed by atoms with Gasteiger partial charge in [-0.25, -0.2) is 0 Å². The number of amidine groups is 1. The van der Waals surface area contributed by atoms with Crippen molar-refractivity contribution >= 4 is 40.1 Å². The molecule has 130 valence electrons. The summed E-state index contributed by atoms with van der Waals surface area (Å²) in [6.45, 7) is 2.19. The first-order valence-corrected chi connectivity index (χ1v) is 9.92. The van der Waals surface area contributed by atoms with E-state index in [4.69, 9.17) is 28.2 Å². The SMILES string of the molecule is CC[C@@H]1CSC2=N[C@H](c3ccccn3)[C@H](c3cc(Cl)c(O)c(Cl)c3)N21. The molecular weight excluding hydrogens is 377 g/mol. The van der Waals surface area contributed by atoms with E-state index < -0.39 is 0 Å². The van der Waals surface area contributed by atoms with Crippen LogP contribution in [0.3, 0.4) is 0 Å². The summed E-state index contributed by atoms with van der Waals surface area (Å²) in [5.41, 5.74) is 1.87. The highest BCUT2D eigenvalue weighted by atomic mass is 35.5. The summed E-state index contributed by atoms with van der Waals surface area (Å²) < 4.78 is 0. The molecule has 0 radical (unpaired) electrons. The Morgan fingerprint density at radius 3 is 2.68 bits per heavy atom. The molecule has 0 amide bonds. The molecule has 1 aromatic carbocycles. The highest BCUT2D eigenvalue weighted by molar-refractivity contribution is 8.14. The third-order valence-corrected chi connectivity index (χ3v) is 6.41. The van der Waals surface area contributed by atoms with E-state index in [0.717, 1.165) is 28.6 Å². The van der Waals surface area contributed by atoms with Crippen molar-refractivity contribution in [3.05, 3.63) is 57.8 Å². The van der Waals surface area contributed by atoms with Crippen LogP contribution in [0.15, 0.2) is 41.5 Å². The van der Waals surface area contributed by atoms with E-state index in [-0.39, 0.29) is 27.9 Å².